The lowest BCUT2D eigenvalue weighted by Gasteiger charge is -2.23. The van der Waals surface area contributed by atoms with Crippen LogP contribution in [-0.2, 0) is 18.4 Å². The van der Waals surface area contributed by atoms with Gasteiger partial charge in [-0.1, -0.05) is 11.6 Å². The van der Waals surface area contributed by atoms with Gasteiger partial charge in [0.15, 0.2) is 0 Å². The van der Waals surface area contributed by atoms with Gasteiger partial charge in [-0.25, -0.2) is 4.39 Å². The van der Waals surface area contributed by atoms with Crippen LogP contribution in [0.1, 0.15) is 23.2 Å². The molecule has 0 saturated carbocycles. The van der Waals surface area contributed by atoms with E-state index in [2.05, 4.69) is 9.98 Å². The first kappa shape index (κ1) is 17.3. The SMILES string of the molecule is Nc1ccc(Cl)cc1-c1cnc2c(c1)CCC2(O)C1=Nc2ccc(F)cc2C1. The van der Waals surface area contributed by atoms with Gasteiger partial charge in [0.25, 0.3) is 0 Å². The number of aromatic nitrogens is 1. The number of aryl methyl sites for hydroxylation is 1. The van der Waals surface area contributed by atoms with Gasteiger partial charge in [-0.2, -0.15) is 0 Å². The zero-order valence-electron chi connectivity index (χ0n) is 14.9. The van der Waals surface area contributed by atoms with Crippen molar-refractivity contribution in [2.75, 3.05) is 5.73 Å². The fourth-order valence-corrected chi connectivity index (χ4v) is 4.29. The fraction of sp³-hybridized carbons (Fsp3) is 0.182. The molecule has 1 atom stereocenters. The van der Waals surface area contributed by atoms with Gasteiger partial charge in [0.05, 0.1) is 17.1 Å². The molecule has 0 radical (unpaired) electrons. The summed E-state index contributed by atoms with van der Waals surface area (Å²) < 4.78 is 13.5. The molecule has 4 nitrogen and oxygen atoms in total. The molecule has 1 aliphatic heterocycles. The first-order valence-corrected chi connectivity index (χ1v) is 9.45. The molecule has 3 N–H and O–H groups in total. The number of pyridine rings is 1. The number of hydrogen-bond acceptors (Lipinski definition) is 4. The van der Waals surface area contributed by atoms with Crippen molar-refractivity contribution < 1.29 is 9.50 Å². The van der Waals surface area contributed by atoms with Crippen LogP contribution in [0.3, 0.4) is 0 Å². The highest BCUT2D eigenvalue weighted by Gasteiger charge is 2.44. The molecule has 0 fully saturated rings. The number of fused-ring (bicyclic) bond motifs is 2. The van der Waals surface area contributed by atoms with Crippen molar-refractivity contribution in [3.63, 3.8) is 0 Å². The molecule has 0 bridgehead atoms. The number of rotatable bonds is 2. The van der Waals surface area contributed by atoms with Gasteiger partial charge in [0.1, 0.15) is 11.4 Å². The number of hydrogen-bond donors (Lipinski definition) is 2. The molecule has 0 spiro atoms. The number of benzene rings is 2. The van der Waals surface area contributed by atoms with E-state index in [0.717, 1.165) is 22.3 Å². The van der Waals surface area contributed by atoms with E-state index in [-0.39, 0.29) is 5.82 Å². The Morgan fingerprint density at radius 2 is 1.96 bits per heavy atom. The first-order valence-electron chi connectivity index (χ1n) is 9.08. The lowest BCUT2D eigenvalue weighted by molar-refractivity contribution is 0.108. The Kier molecular flexibility index (Phi) is 3.79. The van der Waals surface area contributed by atoms with E-state index in [1.165, 1.54) is 12.1 Å². The second-order valence-electron chi connectivity index (χ2n) is 7.33. The molecular formula is C22H17ClFN3O. The van der Waals surface area contributed by atoms with E-state index < -0.39 is 5.60 Å². The van der Waals surface area contributed by atoms with Gasteiger partial charge in [0, 0.05) is 34.5 Å². The quantitative estimate of drug-likeness (QED) is 0.626. The van der Waals surface area contributed by atoms with Crippen molar-refractivity contribution >= 4 is 28.7 Å². The molecule has 0 saturated heterocycles. The molecule has 140 valence electrons. The smallest absolute Gasteiger partial charge is 0.145 e. The topological polar surface area (TPSA) is 71.5 Å². The van der Waals surface area contributed by atoms with Crippen molar-refractivity contribution in [1.29, 1.82) is 0 Å². The van der Waals surface area contributed by atoms with Crippen molar-refractivity contribution in [3.05, 3.63) is 76.3 Å². The first-order chi connectivity index (χ1) is 13.4. The maximum absolute atomic E-state index is 13.5. The standard InChI is InChI=1S/C22H17ClFN3O/c23-15-1-3-18(25)17(10-15)14-7-12-5-6-22(28,21(12)26-11-14)20-9-13-8-16(24)2-4-19(13)27-20/h1-4,7-8,10-11,28H,5-6,9,25H2. The predicted octanol–water partition coefficient (Wildman–Crippen LogP) is 4.59. The van der Waals surface area contributed by atoms with Gasteiger partial charge < -0.3 is 10.8 Å². The molecular weight excluding hydrogens is 377 g/mol. The Morgan fingerprint density at radius 1 is 1.11 bits per heavy atom. The summed E-state index contributed by atoms with van der Waals surface area (Å²) in [5.41, 5.74) is 10.9. The molecule has 0 amide bonds. The number of nitrogens with zero attached hydrogens (tertiary/aromatic N) is 2. The van der Waals surface area contributed by atoms with Gasteiger partial charge in [-0.15, -0.1) is 0 Å². The summed E-state index contributed by atoms with van der Waals surface area (Å²) in [6, 6.07) is 11.8. The maximum Gasteiger partial charge on any atom is 0.145 e. The average Bonchev–Trinajstić information content (AvgIpc) is 3.25. The number of halogens is 2. The van der Waals surface area contributed by atoms with Gasteiger partial charge >= 0.3 is 0 Å². The van der Waals surface area contributed by atoms with E-state index >= 15 is 0 Å². The van der Waals surface area contributed by atoms with E-state index in [1.54, 1.807) is 24.4 Å². The van der Waals surface area contributed by atoms with Crippen LogP contribution in [0.5, 0.6) is 0 Å². The third-order valence-electron chi connectivity index (χ3n) is 5.57. The van der Waals surface area contributed by atoms with Crippen LogP contribution in [-0.4, -0.2) is 15.8 Å². The molecule has 5 rings (SSSR count). The normalized spacial score (nSPS) is 20.0. The Balaban J connectivity index is 1.53. The Hall–Kier alpha value is -2.76. The maximum atomic E-state index is 13.5. The molecule has 6 heteroatoms. The summed E-state index contributed by atoms with van der Waals surface area (Å²) in [6.45, 7) is 0. The van der Waals surface area contributed by atoms with Crippen LogP contribution in [0.4, 0.5) is 15.8 Å². The third-order valence-corrected chi connectivity index (χ3v) is 5.81. The van der Waals surface area contributed by atoms with Crippen LogP contribution in [0.25, 0.3) is 11.1 Å². The zero-order chi connectivity index (χ0) is 19.5. The van der Waals surface area contributed by atoms with Crippen LogP contribution >= 0.6 is 11.6 Å². The molecule has 2 heterocycles. The largest absolute Gasteiger partial charge is 0.398 e. The summed E-state index contributed by atoms with van der Waals surface area (Å²) in [4.78, 5) is 9.16. The van der Waals surface area contributed by atoms with Gasteiger partial charge in [0.2, 0.25) is 0 Å². The lowest BCUT2D eigenvalue weighted by Crippen LogP contribution is -2.34. The third kappa shape index (κ3) is 2.62. The number of aliphatic hydroxyl groups is 1. The second-order valence-corrected chi connectivity index (χ2v) is 7.77. The van der Waals surface area contributed by atoms with Crippen LogP contribution in [0.15, 0.2) is 53.7 Å². The molecule has 1 aromatic heterocycles. The molecule has 3 aromatic rings. The number of aliphatic imine (C=N–C) groups is 1. The van der Waals surface area contributed by atoms with Crippen LogP contribution in [0, 0.1) is 5.82 Å². The lowest BCUT2D eigenvalue weighted by atomic mass is 9.91. The molecule has 1 aliphatic carbocycles. The molecule has 2 aromatic carbocycles. The highest BCUT2D eigenvalue weighted by molar-refractivity contribution is 6.31. The fourth-order valence-electron chi connectivity index (χ4n) is 4.12. The number of anilines is 1. The summed E-state index contributed by atoms with van der Waals surface area (Å²) in [5, 5.41) is 12.0. The minimum Gasteiger partial charge on any atom is -0.398 e. The minimum atomic E-state index is -1.23. The van der Waals surface area contributed by atoms with Crippen molar-refractivity contribution in [2.24, 2.45) is 4.99 Å². The van der Waals surface area contributed by atoms with Crippen LogP contribution < -0.4 is 5.73 Å². The minimum absolute atomic E-state index is 0.295. The van der Waals surface area contributed by atoms with Crippen molar-refractivity contribution in [1.82, 2.24) is 4.98 Å². The highest BCUT2D eigenvalue weighted by Crippen LogP contribution is 2.43. The predicted molar refractivity (Wildman–Crippen MR) is 109 cm³/mol. The molecule has 28 heavy (non-hydrogen) atoms. The van der Waals surface area contributed by atoms with Gasteiger partial charge in [-0.05, 0) is 66.4 Å². The number of nitrogen functional groups attached to an aromatic ring is 1. The van der Waals surface area contributed by atoms with Gasteiger partial charge in [-0.3, -0.25) is 9.98 Å². The van der Waals surface area contributed by atoms with Crippen molar-refractivity contribution in [3.8, 4) is 11.1 Å². The zero-order valence-corrected chi connectivity index (χ0v) is 15.7. The number of nitrogens with two attached hydrogens (primary N) is 1. The summed E-state index contributed by atoms with van der Waals surface area (Å²) in [6.07, 6.45) is 3.31. The molecule has 1 unspecified atom stereocenters. The van der Waals surface area contributed by atoms with E-state index in [1.807, 2.05) is 12.1 Å². The monoisotopic (exact) mass is 393 g/mol. The van der Waals surface area contributed by atoms with E-state index in [4.69, 9.17) is 17.3 Å². The van der Waals surface area contributed by atoms with Crippen molar-refractivity contribution in [2.45, 2.75) is 24.9 Å². The summed E-state index contributed by atoms with van der Waals surface area (Å²) in [7, 11) is 0. The average molecular weight is 394 g/mol. The Morgan fingerprint density at radius 3 is 2.82 bits per heavy atom. The molecule has 2 aliphatic rings. The van der Waals surface area contributed by atoms with Crippen LogP contribution in [0.2, 0.25) is 5.02 Å². The Labute approximate surface area is 166 Å². The second kappa shape index (κ2) is 6.12. The summed E-state index contributed by atoms with van der Waals surface area (Å²) in [5.74, 6) is -0.295. The van der Waals surface area contributed by atoms with E-state index in [0.29, 0.717) is 47.1 Å². The Bertz CT molecular complexity index is 1160. The summed E-state index contributed by atoms with van der Waals surface area (Å²) >= 11 is 6.11. The highest BCUT2D eigenvalue weighted by atomic mass is 35.5. The van der Waals surface area contributed by atoms with E-state index in [9.17, 15) is 9.50 Å².